The van der Waals surface area contributed by atoms with Crippen LogP contribution in [0, 0.1) is 12.8 Å². The van der Waals surface area contributed by atoms with Crippen molar-refractivity contribution in [2.75, 3.05) is 25.1 Å². The zero-order valence-electron chi connectivity index (χ0n) is 10.8. The molecule has 1 aliphatic rings. The number of hydrogen-bond acceptors (Lipinski definition) is 4. The first kappa shape index (κ1) is 13.0. The molecule has 2 unspecified atom stereocenters. The smallest absolute Gasteiger partial charge is 0.231 e. The summed E-state index contributed by atoms with van der Waals surface area (Å²) in [6, 6.07) is 1.92. The second-order valence-corrected chi connectivity index (χ2v) is 4.49. The van der Waals surface area contributed by atoms with Crippen LogP contribution in [0.15, 0.2) is 18.5 Å². The van der Waals surface area contributed by atoms with Crippen molar-refractivity contribution in [2.24, 2.45) is 5.92 Å². The summed E-state index contributed by atoms with van der Waals surface area (Å²) in [7, 11) is 0. The highest BCUT2D eigenvalue weighted by molar-refractivity contribution is 5.93. The number of amides is 1. The standard InChI is InChI=1S/C13H19N3O2/c1-3-15-12-8-18-7-10(12)13(17)16-11-4-5-14-6-9(11)2/h4-6,10,12,15H,3,7-8H2,1-2H3,(H,14,16,17). The monoisotopic (exact) mass is 249 g/mol. The van der Waals surface area contributed by atoms with E-state index in [1.807, 2.05) is 19.9 Å². The maximum Gasteiger partial charge on any atom is 0.231 e. The Hall–Kier alpha value is -1.46. The SMILES string of the molecule is CCNC1COCC1C(=O)Nc1ccncc1C. The Balaban J connectivity index is 2.01. The molecule has 1 aromatic rings. The van der Waals surface area contributed by atoms with Crippen LogP contribution >= 0.6 is 0 Å². The van der Waals surface area contributed by atoms with Crippen LogP contribution in [0.3, 0.4) is 0 Å². The molecule has 2 N–H and O–H groups in total. The minimum atomic E-state index is -0.127. The van der Waals surface area contributed by atoms with Gasteiger partial charge in [-0.1, -0.05) is 6.92 Å². The summed E-state index contributed by atoms with van der Waals surface area (Å²) in [5.41, 5.74) is 1.78. The van der Waals surface area contributed by atoms with Crippen LogP contribution in [0.1, 0.15) is 12.5 Å². The average molecular weight is 249 g/mol. The van der Waals surface area contributed by atoms with Gasteiger partial charge in [-0.2, -0.15) is 0 Å². The summed E-state index contributed by atoms with van der Waals surface area (Å²) in [6.07, 6.45) is 3.41. The van der Waals surface area contributed by atoms with E-state index < -0.39 is 0 Å². The number of nitrogens with one attached hydrogen (secondary N) is 2. The number of aromatic nitrogens is 1. The molecular weight excluding hydrogens is 230 g/mol. The Morgan fingerprint density at radius 1 is 1.56 bits per heavy atom. The predicted molar refractivity (Wildman–Crippen MR) is 69.4 cm³/mol. The zero-order chi connectivity index (χ0) is 13.0. The molecule has 98 valence electrons. The van der Waals surface area contributed by atoms with Crippen LogP contribution in [-0.2, 0) is 9.53 Å². The maximum atomic E-state index is 12.2. The lowest BCUT2D eigenvalue weighted by Crippen LogP contribution is -2.41. The van der Waals surface area contributed by atoms with Gasteiger partial charge in [0.25, 0.3) is 0 Å². The predicted octanol–water partition coefficient (Wildman–Crippen LogP) is 0.953. The van der Waals surface area contributed by atoms with Crippen LogP contribution in [0.25, 0.3) is 0 Å². The molecule has 2 heterocycles. The fraction of sp³-hybridized carbons (Fsp3) is 0.538. The molecule has 1 saturated heterocycles. The highest BCUT2D eigenvalue weighted by Gasteiger charge is 2.33. The first-order valence-corrected chi connectivity index (χ1v) is 6.25. The first-order valence-electron chi connectivity index (χ1n) is 6.25. The molecule has 0 aliphatic carbocycles. The number of aryl methyl sites for hydroxylation is 1. The van der Waals surface area contributed by atoms with E-state index in [1.165, 1.54) is 0 Å². The van der Waals surface area contributed by atoms with Gasteiger partial charge in [0.1, 0.15) is 0 Å². The van der Waals surface area contributed by atoms with E-state index >= 15 is 0 Å². The van der Waals surface area contributed by atoms with Crippen molar-refractivity contribution in [3.05, 3.63) is 24.0 Å². The lowest BCUT2D eigenvalue weighted by Gasteiger charge is -2.18. The number of carbonyl (C=O) groups excluding carboxylic acids is 1. The summed E-state index contributed by atoms with van der Waals surface area (Å²) >= 11 is 0. The van der Waals surface area contributed by atoms with Crippen molar-refractivity contribution < 1.29 is 9.53 Å². The van der Waals surface area contributed by atoms with Gasteiger partial charge in [-0.25, -0.2) is 0 Å². The van der Waals surface area contributed by atoms with Gasteiger partial charge in [-0.3, -0.25) is 9.78 Å². The average Bonchev–Trinajstić information content (AvgIpc) is 2.81. The van der Waals surface area contributed by atoms with Crippen molar-refractivity contribution in [3.8, 4) is 0 Å². The summed E-state index contributed by atoms with van der Waals surface area (Å²) in [6.45, 7) is 5.87. The molecule has 0 saturated carbocycles. The van der Waals surface area contributed by atoms with E-state index in [9.17, 15) is 4.79 Å². The molecule has 0 bridgehead atoms. The van der Waals surface area contributed by atoms with Crippen LogP contribution in [0.4, 0.5) is 5.69 Å². The molecule has 1 amide bonds. The topological polar surface area (TPSA) is 63.2 Å². The number of ether oxygens (including phenoxy) is 1. The summed E-state index contributed by atoms with van der Waals surface area (Å²) < 4.78 is 5.38. The first-order chi connectivity index (χ1) is 8.72. The Kier molecular flexibility index (Phi) is 4.28. The lowest BCUT2D eigenvalue weighted by atomic mass is 10.0. The number of rotatable bonds is 4. The van der Waals surface area contributed by atoms with Crippen molar-refractivity contribution in [1.82, 2.24) is 10.3 Å². The Bertz CT molecular complexity index is 422. The van der Waals surface area contributed by atoms with Gasteiger partial charge in [-0.05, 0) is 25.1 Å². The van der Waals surface area contributed by atoms with E-state index in [1.54, 1.807) is 12.4 Å². The third kappa shape index (κ3) is 2.86. The zero-order valence-corrected chi connectivity index (χ0v) is 10.8. The normalized spacial score (nSPS) is 23.0. The summed E-state index contributed by atoms with van der Waals surface area (Å²) in [5, 5.41) is 6.22. The number of hydrogen-bond donors (Lipinski definition) is 2. The number of nitrogens with zero attached hydrogens (tertiary/aromatic N) is 1. The Morgan fingerprint density at radius 3 is 3.11 bits per heavy atom. The quantitative estimate of drug-likeness (QED) is 0.834. The number of carbonyl (C=O) groups is 1. The number of likely N-dealkylation sites (N-methyl/N-ethyl adjacent to an activating group) is 1. The van der Waals surface area contributed by atoms with Gasteiger partial charge in [0.15, 0.2) is 0 Å². The Labute approximate surface area is 107 Å². The molecule has 18 heavy (non-hydrogen) atoms. The number of anilines is 1. The molecule has 0 aromatic carbocycles. The van der Waals surface area contributed by atoms with E-state index in [4.69, 9.17) is 4.74 Å². The fourth-order valence-corrected chi connectivity index (χ4v) is 2.12. The maximum absolute atomic E-state index is 12.2. The Morgan fingerprint density at radius 2 is 2.39 bits per heavy atom. The third-order valence-electron chi connectivity index (χ3n) is 3.16. The molecule has 1 fully saturated rings. The highest BCUT2D eigenvalue weighted by atomic mass is 16.5. The van der Waals surface area contributed by atoms with Crippen molar-refractivity contribution in [1.29, 1.82) is 0 Å². The van der Waals surface area contributed by atoms with E-state index in [0.717, 1.165) is 17.8 Å². The van der Waals surface area contributed by atoms with Crippen molar-refractivity contribution >= 4 is 11.6 Å². The van der Waals surface area contributed by atoms with Gasteiger partial charge in [-0.15, -0.1) is 0 Å². The van der Waals surface area contributed by atoms with E-state index in [2.05, 4.69) is 15.6 Å². The van der Waals surface area contributed by atoms with E-state index in [-0.39, 0.29) is 17.9 Å². The lowest BCUT2D eigenvalue weighted by molar-refractivity contribution is -0.120. The fourth-order valence-electron chi connectivity index (χ4n) is 2.12. The highest BCUT2D eigenvalue weighted by Crippen LogP contribution is 2.18. The molecule has 1 aliphatic heterocycles. The van der Waals surface area contributed by atoms with Gasteiger partial charge in [0.05, 0.1) is 19.1 Å². The molecule has 5 heteroatoms. The number of pyridine rings is 1. The molecule has 0 radical (unpaired) electrons. The van der Waals surface area contributed by atoms with Crippen molar-refractivity contribution in [3.63, 3.8) is 0 Å². The van der Waals surface area contributed by atoms with Gasteiger partial charge < -0.3 is 15.4 Å². The molecule has 2 atom stereocenters. The van der Waals surface area contributed by atoms with Gasteiger partial charge in [0.2, 0.25) is 5.91 Å². The minimum Gasteiger partial charge on any atom is -0.379 e. The second-order valence-electron chi connectivity index (χ2n) is 4.49. The molecule has 0 spiro atoms. The molecule has 1 aromatic heterocycles. The second kappa shape index (κ2) is 5.93. The minimum absolute atomic E-state index is 0.00718. The van der Waals surface area contributed by atoms with Crippen LogP contribution in [0.5, 0.6) is 0 Å². The van der Waals surface area contributed by atoms with Gasteiger partial charge in [0, 0.05) is 24.1 Å². The van der Waals surface area contributed by atoms with Crippen LogP contribution in [-0.4, -0.2) is 36.7 Å². The van der Waals surface area contributed by atoms with Crippen LogP contribution < -0.4 is 10.6 Å². The largest absolute Gasteiger partial charge is 0.379 e. The summed E-state index contributed by atoms with van der Waals surface area (Å²) in [5.74, 6) is -0.120. The molecule has 2 rings (SSSR count). The van der Waals surface area contributed by atoms with Gasteiger partial charge >= 0.3 is 0 Å². The molecule has 5 nitrogen and oxygen atoms in total. The van der Waals surface area contributed by atoms with Crippen LogP contribution in [0.2, 0.25) is 0 Å². The summed E-state index contributed by atoms with van der Waals surface area (Å²) in [4.78, 5) is 16.2. The molecular formula is C13H19N3O2. The van der Waals surface area contributed by atoms with Crippen molar-refractivity contribution in [2.45, 2.75) is 19.9 Å². The third-order valence-corrected chi connectivity index (χ3v) is 3.16. The van der Waals surface area contributed by atoms with E-state index in [0.29, 0.717) is 13.2 Å².